The molecule has 0 aliphatic heterocycles. The van der Waals surface area contributed by atoms with Gasteiger partial charge in [0.25, 0.3) is 0 Å². The summed E-state index contributed by atoms with van der Waals surface area (Å²) < 4.78 is 1.39. The van der Waals surface area contributed by atoms with E-state index in [-0.39, 0.29) is 0 Å². The van der Waals surface area contributed by atoms with Gasteiger partial charge in [0, 0.05) is 0 Å². The Morgan fingerprint density at radius 1 is 1.57 bits per heavy atom. The zero-order valence-corrected chi connectivity index (χ0v) is 7.68. The normalized spacial score (nSPS) is 9.43. The van der Waals surface area contributed by atoms with E-state index >= 15 is 0 Å². The second-order valence-electron chi connectivity index (χ2n) is 1.46. The summed E-state index contributed by atoms with van der Waals surface area (Å²) in [6.07, 6.45) is 1.35. The molecule has 0 spiro atoms. The van der Waals surface area contributed by atoms with Gasteiger partial charge < -0.3 is 0 Å². The van der Waals surface area contributed by atoms with Gasteiger partial charge in [-0.2, -0.15) is 0 Å². The van der Waals surface area contributed by atoms with E-state index in [0.717, 1.165) is 6.54 Å². The molecule has 0 aromatic rings. The van der Waals surface area contributed by atoms with E-state index in [4.69, 9.17) is 0 Å². The number of hydrogen-bond donors (Lipinski definition) is 1. The van der Waals surface area contributed by atoms with Gasteiger partial charge in [-0.25, -0.2) is 0 Å². The molecule has 0 fully saturated rings. The first-order valence-electron chi connectivity index (χ1n) is 2.77. The fraction of sp³-hybridized carbons (Fsp3) is 1.00. The molecule has 0 heterocycles. The number of nitrogens with one attached hydrogen (secondary N) is 1. The number of hydrogen-bond acceptors (Lipinski definition) is 1. The van der Waals surface area contributed by atoms with Crippen LogP contribution in [0.15, 0.2) is 0 Å². The van der Waals surface area contributed by atoms with Gasteiger partial charge in [-0.15, -0.1) is 0 Å². The molecular formula is C5H12NSn. The minimum absolute atomic E-state index is 1.12. The van der Waals surface area contributed by atoms with Crippen molar-refractivity contribution in [2.24, 2.45) is 0 Å². The van der Waals surface area contributed by atoms with Crippen LogP contribution in [0.1, 0.15) is 13.3 Å². The quantitative estimate of drug-likeness (QED) is 0.522. The molecule has 0 saturated heterocycles. The summed E-state index contributed by atoms with van der Waals surface area (Å²) >= 11 is 1.66. The van der Waals surface area contributed by atoms with Gasteiger partial charge in [0.1, 0.15) is 0 Å². The van der Waals surface area contributed by atoms with Gasteiger partial charge in [0.05, 0.1) is 0 Å². The van der Waals surface area contributed by atoms with Crippen LogP contribution in [0, 0.1) is 0 Å². The van der Waals surface area contributed by atoms with Gasteiger partial charge in [-0.1, -0.05) is 0 Å². The standard InChI is InChI=1S/C5H12N.Sn/c1-3-5-6-4-2;/h6H,1,3-5H2,2H3;. The first kappa shape index (κ1) is 7.76. The van der Waals surface area contributed by atoms with Crippen LogP contribution in [-0.4, -0.2) is 35.6 Å². The molecule has 1 nitrogen and oxygen atoms in total. The molecule has 0 aromatic heterocycles. The summed E-state index contributed by atoms with van der Waals surface area (Å²) in [5.74, 6) is 0. The van der Waals surface area contributed by atoms with Crippen LogP contribution in [-0.2, 0) is 0 Å². The Bertz CT molecular complexity index is 27.3. The van der Waals surface area contributed by atoms with Crippen molar-refractivity contribution in [2.75, 3.05) is 13.1 Å². The molecule has 7 heavy (non-hydrogen) atoms. The zero-order chi connectivity index (χ0) is 5.54. The molecule has 0 unspecified atom stereocenters. The van der Waals surface area contributed by atoms with Crippen LogP contribution in [0.5, 0.6) is 0 Å². The Labute approximate surface area is 59.0 Å². The summed E-state index contributed by atoms with van der Waals surface area (Å²) in [4.78, 5) is 0. The Kier molecular flexibility index (Phi) is 7.49. The van der Waals surface area contributed by atoms with E-state index in [0.29, 0.717) is 0 Å². The van der Waals surface area contributed by atoms with Crippen molar-refractivity contribution in [3.05, 3.63) is 0 Å². The fourth-order valence-corrected chi connectivity index (χ4v) is 0.895. The maximum absolute atomic E-state index is 3.26. The van der Waals surface area contributed by atoms with Crippen molar-refractivity contribution in [3.8, 4) is 0 Å². The van der Waals surface area contributed by atoms with E-state index < -0.39 is 0 Å². The molecule has 0 atom stereocenters. The van der Waals surface area contributed by atoms with Gasteiger partial charge in [0.2, 0.25) is 0 Å². The Hall–Kier alpha value is 0.759. The second kappa shape index (κ2) is 6.76. The Balaban J connectivity index is 2.45. The van der Waals surface area contributed by atoms with Crippen molar-refractivity contribution >= 4 is 22.5 Å². The molecule has 2 heteroatoms. The molecule has 0 aliphatic rings. The molecule has 0 amide bonds. The van der Waals surface area contributed by atoms with Crippen molar-refractivity contribution in [2.45, 2.75) is 17.8 Å². The third-order valence-corrected chi connectivity index (χ3v) is 1.79. The molecule has 0 rings (SSSR count). The Morgan fingerprint density at radius 3 is 2.71 bits per heavy atom. The van der Waals surface area contributed by atoms with Crippen molar-refractivity contribution in [1.29, 1.82) is 0 Å². The van der Waals surface area contributed by atoms with Crippen molar-refractivity contribution < 1.29 is 0 Å². The van der Waals surface area contributed by atoms with Gasteiger partial charge in [-0.3, -0.25) is 0 Å². The maximum atomic E-state index is 3.26. The first-order valence-corrected chi connectivity index (χ1v) is 4.79. The molecule has 3 radical (unpaired) electrons. The van der Waals surface area contributed by atoms with E-state index in [9.17, 15) is 0 Å². The van der Waals surface area contributed by atoms with Crippen LogP contribution in [0.25, 0.3) is 0 Å². The molecule has 0 aromatic carbocycles. The van der Waals surface area contributed by atoms with E-state index in [1.807, 2.05) is 0 Å². The summed E-state index contributed by atoms with van der Waals surface area (Å²) in [7, 11) is 0. The Morgan fingerprint density at radius 2 is 2.29 bits per heavy atom. The molecule has 0 saturated carbocycles. The predicted octanol–water partition coefficient (Wildman–Crippen LogP) is 0.573. The van der Waals surface area contributed by atoms with E-state index in [1.54, 1.807) is 22.5 Å². The van der Waals surface area contributed by atoms with Crippen molar-refractivity contribution in [1.82, 2.24) is 5.32 Å². The van der Waals surface area contributed by atoms with Crippen LogP contribution in [0.3, 0.4) is 0 Å². The van der Waals surface area contributed by atoms with E-state index in [1.165, 1.54) is 17.4 Å². The molecular weight excluding hydrogens is 193 g/mol. The summed E-state index contributed by atoms with van der Waals surface area (Å²) in [5, 5.41) is 3.26. The van der Waals surface area contributed by atoms with Crippen LogP contribution in [0.2, 0.25) is 4.44 Å². The fourth-order valence-electron chi connectivity index (χ4n) is 0.390. The monoisotopic (exact) mass is 206 g/mol. The second-order valence-corrected chi connectivity index (χ2v) is 2.88. The third kappa shape index (κ3) is 6.76. The SMILES string of the molecule is CCNCC[CH2][Sn]. The first-order chi connectivity index (χ1) is 3.41. The minimum atomic E-state index is 1.12. The molecule has 41 valence electrons. The average Bonchev–Trinajstić information content (AvgIpc) is 1.69. The third-order valence-electron chi connectivity index (χ3n) is 0.780. The molecule has 0 aliphatic carbocycles. The average molecular weight is 205 g/mol. The summed E-state index contributed by atoms with van der Waals surface area (Å²) in [6.45, 7) is 4.47. The summed E-state index contributed by atoms with van der Waals surface area (Å²) in [5.41, 5.74) is 0. The summed E-state index contributed by atoms with van der Waals surface area (Å²) in [6, 6.07) is 0. The van der Waals surface area contributed by atoms with Gasteiger partial charge >= 0.3 is 58.7 Å². The predicted molar refractivity (Wildman–Crippen MR) is 33.7 cm³/mol. The zero-order valence-electron chi connectivity index (χ0n) is 4.83. The molecule has 0 bridgehead atoms. The number of rotatable bonds is 4. The van der Waals surface area contributed by atoms with E-state index in [2.05, 4.69) is 12.2 Å². The van der Waals surface area contributed by atoms with Crippen molar-refractivity contribution in [3.63, 3.8) is 0 Å². The topological polar surface area (TPSA) is 12.0 Å². The van der Waals surface area contributed by atoms with Crippen LogP contribution < -0.4 is 5.32 Å². The van der Waals surface area contributed by atoms with Crippen LogP contribution >= 0.6 is 0 Å². The molecule has 1 N–H and O–H groups in total. The van der Waals surface area contributed by atoms with Gasteiger partial charge in [-0.05, 0) is 0 Å². The van der Waals surface area contributed by atoms with Gasteiger partial charge in [0.15, 0.2) is 0 Å². The van der Waals surface area contributed by atoms with Crippen LogP contribution in [0.4, 0.5) is 0 Å².